The molecule has 1 amide bonds. The molecule has 1 aromatic rings. The number of halogens is 1. The number of carbonyl (C=O) groups is 1. The van der Waals surface area contributed by atoms with Crippen LogP contribution in [0.4, 0.5) is 4.39 Å². The molecular formula is C17H21FN2O. The van der Waals surface area contributed by atoms with E-state index in [1.807, 2.05) is 4.90 Å². The number of hydrogen-bond donors (Lipinski definition) is 1. The van der Waals surface area contributed by atoms with Crippen LogP contribution in [-0.2, 0) is 10.2 Å². The van der Waals surface area contributed by atoms with Gasteiger partial charge in [-0.05, 0) is 55.2 Å². The average molecular weight is 288 g/mol. The van der Waals surface area contributed by atoms with Crippen molar-refractivity contribution in [1.82, 2.24) is 4.90 Å². The lowest BCUT2D eigenvalue weighted by Crippen LogP contribution is -2.39. The number of nitrogens with two attached hydrogens (primary N) is 1. The van der Waals surface area contributed by atoms with Crippen LogP contribution in [0.1, 0.15) is 31.2 Å². The van der Waals surface area contributed by atoms with Gasteiger partial charge < -0.3 is 10.6 Å². The number of hydrogen-bond acceptors (Lipinski definition) is 2. The summed E-state index contributed by atoms with van der Waals surface area (Å²) in [6, 6.07) is 6.55. The Hall–Kier alpha value is -1.42. The third kappa shape index (κ3) is 2.16. The standard InChI is InChI=1S/C17H21FN2O/c18-13-5-3-12(4-6-13)17(7-8-17)16(21)20-9-14(11-1-2-11)15(19)10-20/h3-6,11,14-15H,1-2,7-10,19H2/t14-,15+/m0/s1. The Morgan fingerprint density at radius 3 is 2.43 bits per heavy atom. The van der Waals surface area contributed by atoms with E-state index >= 15 is 0 Å². The van der Waals surface area contributed by atoms with E-state index in [1.165, 1.54) is 25.0 Å². The van der Waals surface area contributed by atoms with Gasteiger partial charge in [0.2, 0.25) is 5.91 Å². The van der Waals surface area contributed by atoms with E-state index in [2.05, 4.69) is 0 Å². The van der Waals surface area contributed by atoms with Crippen LogP contribution < -0.4 is 5.73 Å². The van der Waals surface area contributed by atoms with E-state index in [9.17, 15) is 9.18 Å². The second-order valence-electron chi connectivity index (χ2n) is 6.96. The summed E-state index contributed by atoms with van der Waals surface area (Å²) in [6.45, 7) is 1.50. The highest BCUT2D eigenvalue weighted by molar-refractivity contribution is 5.91. The summed E-state index contributed by atoms with van der Waals surface area (Å²) in [5.41, 5.74) is 6.79. The molecule has 2 aliphatic carbocycles. The maximum atomic E-state index is 13.1. The topological polar surface area (TPSA) is 46.3 Å². The zero-order valence-corrected chi connectivity index (χ0v) is 12.1. The van der Waals surface area contributed by atoms with Gasteiger partial charge in [-0.25, -0.2) is 4.39 Å². The van der Waals surface area contributed by atoms with Crippen molar-refractivity contribution >= 4 is 5.91 Å². The lowest BCUT2D eigenvalue weighted by Gasteiger charge is -2.23. The summed E-state index contributed by atoms with van der Waals surface area (Å²) in [6.07, 6.45) is 4.28. The predicted octanol–water partition coefficient (Wildman–Crippen LogP) is 2.05. The Morgan fingerprint density at radius 2 is 1.86 bits per heavy atom. The molecule has 1 heterocycles. The molecule has 2 saturated carbocycles. The van der Waals surface area contributed by atoms with Gasteiger partial charge >= 0.3 is 0 Å². The fraction of sp³-hybridized carbons (Fsp3) is 0.588. The van der Waals surface area contributed by atoms with Gasteiger partial charge in [0.1, 0.15) is 5.82 Å². The second-order valence-corrected chi connectivity index (χ2v) is 6.96. The van der Waals surface area contributed by atoms with Gasteiger partial charge in [-0.15, -0.1) is 0 Å². The summed E-state index contributed by atoms with van der Waals surface area (Å²) in [5, 5.41) is 0. The monoisotopic (exact) mass is 288 g/mol. The van der Waals surface area contributed by atoms with Crippen LogP contribution in [-0.4, -0.2) is 29.9 Å². The Bertz CT molecular complexity index is 563. The first-order chi connectivity index (χ1) is 10.1. The Morgan fingerprint density at radius 1 is 1.19 bits per heavy atom. The molecule has 2 atom stereocenters. The first-order valence-electron chi connectivity index (χ1n) is 7.91. The van der Waals surface area contributed by atoms with Crippen molar-refractivity contribution in [1.29, 1.82) is 0 Å². The van der Waals surface area contributed by atoms with Crippen LogP contribution in [0.3, 0.4) is 0 Å². The molecule has 4 rings (SSSR count). The number of benzene rings is 1. The number of likely N-dealkylation sites (tertiary alicyclic amines) is 1. The summed E-state index contributed by atoms with van der Waals surface area (Å²) in [4.78, 5) is 14.9. The van der Waals surface area contributed by atoms with E-state index in [0.717, 1.165) is 30.9 Å². The smallest absolute Gasteiger partial charge is 0.233 e. The Labute approximate surface area is 124 Å². The van der Waals surface area contributed by atoms with Gasteiger partial charge in [0.25, 0.3) is 0 Å². The molecular weight excluding hydrogens is 267 g/mol. The summed E-state index contributed by atoms with van der Waals surface area (Å²) < 4.78 is 13.1. The molecule has 1 aliphatic heterocycles. The lowest BCUT2D eigenvalue weighted by atomic mass is 9.94. The highest BCUT2D eigenvalue weighted by Gasteiger charge is 2.55. The Balaban J connectivity index is 1.53. The second kappa shape index (κ2) is 4.54. The summed E-state index contributed by atoms with van der Waals surface area (Å²) in [7, 11) is 0. The van der Waals surface area contributed by atoms with Crippen LogP contribution in [0.15, 0.2) is 24.3 Å². The molecule has 0 aromatic heterocycles. The van der Waals surface area contributed by atoms with Gasteiger partial charge in [-0.2, -0.15) is 0 Å². The fourth-order valence-corrected chi connectivity index (χ4v) is 3.87. The van der Waals surface area contributed by atoms with Gasteiger partial charge in [0, 0.05) is 19.1 Å². The quantitative estimate of drug-likeness (QED) is 0.925. The van der Waals surface area contributed by atoms with Crippen LogP contribution in [0.25, 0.3) is 0 Å². The molecule has 3 fully saturated rings. The van der Waals surface area contributed by atoms with Crippen LogP contribution in [0, 0.1) is 17.7 Å². The van der Waals surface area contributed by atoms with Gasteiger partial charge in [-0.3, -0.25) is 4.79 Å². The molecule has 3 aliphatic rings. The van der Waals surface area contributed by atoms with E-state index in [1.54, 1.807) is 12.1 Å². The fourth-order valence-electron chi connectivity index (χ4n) is 3.87. The summed E-state index contributed by atoms with van der Waals surface area (Å²) >= 11 is 0. The third-order valence-corrected chi connectivity index (χ3v) is 5.48. The molecule has 1 saturated heterocycles. The number of rotatable bonds is 3. The number of nitrogens with zero attached hydrogens (tertiary/aromatic N) is 1. The molecule has 1 aromatic carbocycles. The normalized spacial score (nSPS) is 30.5. The predicted molar refractivity (Wildman–Crippen MR) is 78.1 cm³/mol. The Kier molecular flexibility index (Phi) is 2.86. The average Bonchev–Trinajstić information content (AvgIpc) is 3.38. The molecule has 0 unspecified atom stereocenters. The SMILES string of the molecule is N[C@@H]1CN(C(=O)C2(c3ccc(F)cc3)CC2)C[C@H]1C1CC1. The van der Waals surface area contributed by atoms with Crippen molar-refractivity contribution < 1.29 is 9.18 Å². The van der Waals surface area contributed by atoms with E-state index < -0.39 is 5.41 Å². The van der Waals surface area contributed by atoms with Crippen LogP contribution in [0.5, 0.6) is 0 Å². The molecule has 2 N–H and O–H groups in total. The lowest BCUT2D eigenvalue weighted by molar-refractivity contribution is -0.133. The van der Waals surface area contributed by atoms with Crippen LogP contribution in [0.2, 0.25) is 0 Å². The maximum absolute atomic E-state index is 13.1. The minimum absolute atomic E-state index is 0.130. The van der Waals surface area contributed by atoms with E-state index in [4.69, 9.17) is 5.73 Å². The maximum Gasteiger partial charge on any atom is 0.233 e. The van der Waals surface area contributed by atoms with Crippen molar-refractivity contribution in [3.63, 3.8) is 0 Å². The van der Waals surface area contributed by atoms with Crippen molar-refractivity contribution in [2.24, 2.45) is 17.6 Å². The molecule has 0 radical (unpaired) electrons. The highest BCUT2D eigenvalue weighted by atomic mass is 19.1. The molecule has 21 heavy (non-hydrogen) atoms. The third-order valence-electron chi connectivity index (χ3n) is 5.48. The molecule has 0 bridgehead atoms. The summed E-state index contributed by atoms with van der Waals surface area (Å²) in [5.74, 6) is 1.17. The van der Waals surface area contributed by atoms with Gasteiger partial charge in [0.05, 0.1) is 5.41 Å². The van der Waals surface area contributed by atoms with Crippen molar-refractivity contribution in [2.75, 3.05) is 13.1 Å². The van der Waals surface area contributed by atoms with Gasteiger partial charge in [0.15, 0.2) is 0 Å². The molecule has 0 spiro atoms. The van der Waals surface area contributed by atoms with Gasteiger partial charge in [-0.1, -0.05) is 12.1 Å². The van der Waals surface area contributed by atoms with E-state index in [0.29, 0.717) is 12.5 Å². The molecule has 3 nitrogen and oxygen atoms in total. The molecule has 4 heteroatoms. The molecule has 112 valence electrons. The van der Waals surface area contributed by atoms with Crippen molar-refractivity contribution in [2.45, 2.75) is 37.1 Å². The number of amides is 1. The highest BCUT2D eigenvalue weighted by Crippen LogP contribution is 2.51. The van der Waals surface area contributed by atoms with Crippen molar-refractivity contribution in [3.8, 4) is 0 Å². The largest absolute Gasteiger partial charge is 0.340 e. The zero-order chi connectivity index (χ0) is 14.6. The zero-order valence-electron chi connectivity index (χ0n) is 12.1. The number of carbonyl (C=O) groups excluding carboxylic acids is 1. The van der Waals surface area contributed by atoms with Crippen LogP contribution >= 0.6 is 0 Å². The minimum Gasteiger partial charge on any atom is -0.340 e. The van der Waals surface area contributed by atoms with E-state index in [-0.39, 0.29) is 17.8 Å². The van der Waals surface area contributed by atoms with Crippen molar-refractivity contribution in [3.05, 3.63) is 35.6 Å². The minimum atomic E-state index is -0.397. The first-order valence-corrected chi connectivity index (χ1v) is 7.91. The first kappa shape index (κ1) is 13.3.